The topological polar surface area (TPSA) is 153 Å². The van der Waals surface area contributed by atoms with E-state index >= 15 is 0 Å². The molecule has 4 aliphatic rings. The van der Waals surface area contributed by atoms with Crippen molar-refractivity contribution < 1.29 is 63.7 Å². The van der Waals surface area contributed by atoms with Gasteiger partial charge in [-0.2, -0.15) is 0 Å². The molecule has 0 spiro atoms. The quantitative estimate of drug-likeness (QED) is 0.150. The lowest BCUT2D eigenvalue weighted by Gasteiger charge is -2.32. The molecule has 34 rings (SSSR count). The van der Waals surface area contributed by atoms with E-state index in [1.54, 1.807) is 0 Å². The van der Waals surface area contributed by atoms with Crippen LogP contribution in [-0.2, 0) is 37.2 Å². The summed E-state index contributed by atoms with van der Waals surface area (Å²) < 4.78 is 107. The predicted molar refractivity (Wildman–Crippen MR) is 617 cm³/mol. The highest BCUT2D eigenvalue weighted by atomic mass is 32.1. The first kappa shape index (κ1) is 87.5. The summed E-state index contributed by atoms with van der Waals surface area (Å²) in [5.74, 6) is 0. The van der Waals surface area contributed by atoms with Gasteiger partial charge in [-0.05, 0) is 262 Å². The van der Waals surface area contributed by atoms with Crippen molar-refractivity contribution in [2.75, 3.05) is 0 Å². The van der Waals surface area contributed by atoms with Crippen molar-refractivity contribution in [2.45, 2.75) is 156 Å². The van der Waals surface area contributed by atoms with Crippen LogP contribution in [0.3, 0.4) is 0 Å². The molecule has 14 nitrogen and oxygen atoms in total. The van der Waals surface area contributed by atoms with Crippen molar-refractivity contribution in [1.29, 1.82) is 0 Å². The third-order valence-corrected chi connectivity index (χ3v) is 40.8. The van der Waals surface area contributed by atoms with Gasteiger partial charge in [-0.3, -0.25) is 0 Å². The van der Waals surface area contributed by atoms with Gasteiger partial charge in [0.1, 0.15) is 67.0 Å². The van der Waals surface area contributed by atoms with Crippen LogP contribution in [0.2, 0.25) is 0 Å². The Kier molecular flexibility index (Phi) is 17.8. The summed E-state index contributed by atoms with van der Waals surface area (Å²) in [5, 5.41) is 31.0. The standard InChI is InChI=1S/C38H27BO4S.C28H21BO5.C28H21BO3S2.C28H21BO2S3/c1-37(2)38(3,4)43-39(42-37)26-15-16-28-32-31-27(40-28)17-18-29-33(31)34-30(44-29)19-25-23(13-8-14-24(25)35(34)41-36(26)32)22-12-7-10-20-9-5-6-11-21(20)22;1-27(2)28(3,4)34-29(33-27)16-9-10-19-23-21-17(30-19)11-12-18-22(21)24-20(31-18)13-14-7-5-6-8-15(14)25(24)32-26(16)23;1-27(2)28(3,4)32-29(31-27)16-9-10-18-22-21-17(30-18)11-12-19-23(21)24-20(33-19)13-14-7-5-6-8-15(14)25(24)34-26(16)22;1-27(2)28(3,4)31-29(30-27)16-9-10-19-23-21-17(32-19)11-12-18-22(21)24-20(33-18)13-14-7-5-6-8-15(14)25(24)34-26(16)23/h5-19H,1-4H3;3*5-13H,1-4H3. The zero-order valence-electron chi connectivity index (χ0n) is 82.7. The first-order valence-corrected chi connectivity index (χ1v) is 54.9. The molecule has 0 unspecified atom stereocenters. The van der Waals surface area contributed by atoms with Crippen LogP contribution in [-0.4, -0.2) is 73.3 Å². The smallest absolute Gasteiger partial charge is 0.456 e. The number of thiophene rings is 4. The molecule has 16 heterocycles. The van der Waals surface area contributed by atoms with Crippen LogP contribution < -0.4 is 21.9 Å². The third kappa shape index (κ3) is 12.0. The second-order valence-electron chi connectivity index (χ2n) is 44.2. The summed E-state index contributed by atoms with van der Waals surface area (Å²) in [6.07, 6.45) is 0. The van der Waals surface area contributed by atoms with E-state index in [0.29, 0.717) is 0 Å². The number of rotatable bonds is 5. The predicted octanol–water partition coefficient (Wildman–Crippen LogP) is 34.1. The van der Waals surface area contributed by atoms with Crippen LogP contribution >= 0.6 is 68.0 Å². The van der Waals surface area contributed by atoms with Gasteiger partial charge in [0.15, 0.2) is 0 Å². The summed E-state index contributed by atoms with van der Waals surface area (Å²) in [4.78, 5) is 0. The summed E-state index contributed by atoms with van der Waals surface area (Å²) >= 11 is 11.3. The van der Waals surface area contributed by atoms with Gasteiger partial charge < -0.3 is 63.7 Å². The highest BCUT2D eigenvalue weighted by molar-refractivity contribution is 7.33. The van der Waals surface area contributed by atoms with Crippen LogP contribution in [0.15, 0.2) is 281 Å². The zero-order valence-corrected chi connectivity index (χ0v) is 87.6. The van der Waals surface area contributed by atoms with Gasteiger partial charge in [0.05, 0.1) is 61.0 Å². The molecule has 4 aliphatic heterocycles. The molecular weight excluding hydrogens is 1920 g/mol. The first-order chi connectivity index (χ1) is 70.3. The highest BCUT2D eigenvalue weighted by Gasteiger charge is 2.57. The van der Waals surface area contributed by atoms with Crippen molar-refractivity contribution in [3.8, 4) is 11.1 Å². The number of benzene rings is 18. The van der Waals surface area contributed by atoms with Gasteiger partial charge in [-0.1, -0.05) is 158 Å². The van der Waals surface area contributed by atoms with E-state index in [1.807, 2.05) is 117 Å². The molecule has 146 heavy (non-hydrogen) atoms. The molecule has 18 aromatic carbocycles. The Balaban J connectivity index is 0.0000000890. The molecule has 30 aromatic rings. The lowest BCUT2D eigenvalue weighted by molar-refractivity contribution is 0.00578. The molecule has 0 aliphatic carbocycles. The summed E-state index contributed by atoms with van der Waals surface area (Å²) in [7, 11) is -1.94. The van der Waals surface area contributed by atoms with E-state index < -0.39 is 55.0 Å². The van der Waals surface area contributed by atoms with E-state index in [1.165, 1.54) is 154 Å². The van der Waals surface area contributed by atoms with Crippen molar-refractivity contribution >= 4 is 382 Å². The average Bonchev–Trinajstić information content (AvgIpc) is 1.55. The minimum Gasteiger partial charge on any atom is -0.456 e. The lowest BCUT2D eigenvalue weighted by atomic mass is 9.78. The van der Waals surface area contributed by atoms with Crippen LogP contribution in [0.5, 0.6) is 0 Å². The van der Waals surface area contributed by atoms with E-state index in [4.69, 9.17) is 63.7 Å². The van der Waals surface area contributed by atoms with Crippen molar-refractivity contribution in [3.63, 3.8) is 0 Å². The molecule has 12 aromatic heterocycles. The van der Waals surface area contributed by atoms with E-state index in [9.17, 15) is 0 Å². The number of fused-ring (bicyclic) bond motifs is 9. The number of hydrogen-bond donors (Lipinski definition) is 0. The molecule has 4 fully saturated rings. The summed E-state index contributed by atoms with van der Waals surface area (Å²) in [6, 6.07) is 90.7. The Hall–Kier alpha value is -12.7. The van der Waals surface area contributed by atoms with Crippen molar-refractivity contribution in [1.82, 2.24) is 0 Å². The number of hydrogen-bond acceptors (Lipinski definition) is 20. The largest absolute Gasteiger partial charge is 0.498 e. The molecule has 0 amide bonds. The Morgan fingerprint density at radius 3 is 0.952 bits per heavy atom. The van der Waals surface area contributed by atoms with Gasteiger partial charge in [0.25, 0.3) is 0 Å². The first-order valence-electron chi connectivity index (χ1n) is 50.0. The molecule has 710 valence electrons. The normalized spacial score (nSPS) is 17.8. The Bertz CT molecular complexity index is 10100. The molecule has 0 radical (unpaired) electrons. The molecular formula is C122H90B4O14S6. The minimum absolute atomic E-state index is 0.371. The van der Waals surface area contributed by atoms with Gasteiger partial charge >= 0.3 is 28.5 Å². The SMILES string of the molecule is CC1(C)OB(c2ccc3oc4ccc5oc6cc7ccccc7c7oc2c3c4c5c67)OC1(C)C.CC1(C)OB(c2ccc3oc4ccc5sc6cc7c(-c8cccc9ccccc89)cccc7c7oc2c3c4c5c67)OC1(C)C.CC1(C)OB(c2ccc3oc4ccc5sc6cc7ccccc7c7sc2c3c4c5c67)OC1(C)C.CC1(C)OB(c2ccc3sc4ccc5sc6cc7ccccc7c7sc2c3c4c5c67)OC1(C)C. The van der Waals surface area contributed by atoms with Gasteiger partial charge in [0.2, 0.25) is 0 Å². The monoisotopic (exact) mass is 2010 g/mol. The molecule has 0 saturated carbocycles. The molecule has 0 bridgehead atoms. The molecule has 24 heteroatoms. The van der Waals surface area contributed by atoms with Gasteiger partial charge in [0, 0.05) is 159 Å². The Labute approximate surface area is 859 Å². The molecule has 4 saturated heterocycles. The average molecular weight is 2020 g/mol. The maximum atomic E-state index is 7.23. The Morgan fingerprint density at radius 1 is 0.171 bits per heavy atom. The van der Waals surface area contributed by atoms with Crippen LogP contribution in [0.25, 0.3) is 275 Å². The van der Waals surface area contributed by atoms with Crippen LogP contribution in [0, 0.1) is 0 Å². The van der Waals surface area contributed by atoms with E-state index in [-0.39, 0.29) is 18.3 Å². The highest BCUT2D eigenvalue weighted by Crippen LogP contribution is 2.58. The summed E-state index contributed by atoms with van der Waals surface area (Å²) in [5.41, 5.74) is 12.8. The zero-order chi connectivity index (χ0) is 98.5. The summed E-state index contributed by atoms with van der Waals surface area (Å²) in [6.45, 7) is 33.5. The van der Waals surface area contributed by atoms with Crippen LogP contribution in [0.4, 0.5) is 0 Å². The van der Waals surface area contributed by atoms with E-state index in [0.717, 1.165) is 143 Å². The fraction of sp³-hybridized carbons (Fsp3) is 0.197. The van der Waals surface area contributed by atoms with Crippen LogP contribution in [0.1, 0.15) is 111 Å². The lowest BCUT2D eigenvalue weighted by Crippen LogP contribution is -2.41. The second-order valence-corrected chi connectivity index (χ2v) is 50.5. The molecule has 0 N–H and O–H groups in total. The van der Waals surface area contributed by atoms with Crippen molar-refractivity contribution in [2.24, 2.45) is 0 Å². The van der Waals surface area contributed by atoms with E-state index in [2.05, 4.69) is 317 Å². The molecule has 0 atom stereocenters. The Morgan fingerprint density at radius 2 is 0.459 bits per heavy atom. The number of furan rings is 4. The maximum Gasteiger partial charge on any atom is 0.498 e. The van der Waals surface area contributed by atoms with Gasteiger partial charge in [-0.15, -0.1) is 68.0 Å². The minimum atomic E-state index is -0.574. The maximum absolute atomic E-state index is 7.23. The fourth-order valence-electron chi connectivity index (χ4n) is 23.6. The van der Waals surface area contributed by atoms with Gasteiger partial charge in [-0.25, -0.2) is 0 Å². The third-order valence-electron chi connectivity index (χ3n) is 33.8. The second kappa shape index (κ2) is 29.7. The van der Waals surface area contributed by atoms with Crippen molar-refractivity contribution in [3.05, 3.63) is 255 Å². The fourth-order valence-corrected chi connectivity index (χ4v) is 31.2.